The average Bonchev–Trinajstić information content (AvgIpc) is 3.26. The molecule has 0 amide bonds. The molecule has 3 heteroatoms. The fraction of sp³-hybridized carbons (Fsp3) is 1.00. The third kappa shape index (κ3) is 2.34. The molecule has 2 heterocycles. The molecule has 3 nitrogen and oxygen atoms in total. The molecule has 19 heavy (non-hydrogen) atoms. The zero-order valence-electron chi connectivity index (χ0n) is 12.8. The van der Waals surface area contributed by atoms with E-state index >= 15 is 0 Å². The molecular formula is C16H28O3. The second kappa shape index (κ2) is 4.71. The highest BCUT2D eigenvalue weighted by molar-refractivity contribution is 5.17. The van der Waals surface area contributed by atoms with Gasteiger partial charge >= 0.3 is 0 Å². The second-order valence-corrected chi connectivity index (χ2v) is 7.26. The van der Waals surface area contributed by atoms with E-state index < -0.39 is 0 Å². The molecule has 1 spiro atoms. The van der Waals surface area contributed by atoms with Crippen LogP contribution in [-0.4, -0.2) is 37.1 Å². The molecule has 0 N–H and O–H groups in total. The predicted molar refractivity (Wildman–Crippen MR) is 74.2 cm³/mol. The van der Waals surface area contributed by atoms with E-state index in [1.54, 1.807) is 0 Å². The lowest BCUT2D eigenvalue weighted by molar-refractivity contribution is -0.0492. The zero-order valence-corrected chi connectivity index (χ0v) is 12.8. The van der Waals surface area contributed by atoms with Crippen LogP contribution >= 0.6 is 0 Å². The number of epoxide rings is 2. The molecule has 0 aromatic heterocycles. The number of rotatable bonds is 5. The van der Waals surface area contributed by atoms with E-state index in [2.05, 4.69) is 20.8 Å². The third-order valence-corrected chi connectivity index (χ3v) is 5.45. The van der Waals surface area contributed by atoms with Crippen molar-refractivity contribution in [1.82, 2.24) is 0 Å². The maximum absolute atomic E-state index is 6.14. The van der Waals surface area contributed by atoms with Crippen LogP contribution in [0.15, 0.2) is 0 Å². The Kier molecular flexibility index (Phi) is 3.43. The van der Waals surface area contributed by atoms with Gasteiger partial charge in [0.15, 0.2) is 0 Å². The zero-order chi connectivity index (χ0) is 13.7. The van der Waals surface area contributed by atoms with Crippen molar-refractivity contribution in [3.05, 3.63) is 0 Å². The summed E-state index contributed by atoms with van der Waals surface area (Å²) in [6.45, 7) is 7.75. The summed E-state index contributed by atoms with van der Waals surface area (Å²) in [5.74, 6) is 1.18. The minimum Gasteiger partial charge on any atom is -0.381 e. The van der Waals surface area contributed by atoms with E-state index in [-0.39, 0.29) is 11.2 Å². The lowest BCUT2D eigenvalue weighted by Crippen LogP contribution is -2.48. The molecule has 0 aromatic carbocycles. The first-order valence-electron chi connectivity index (χ1n) is 7.86. The van der Waals surface area contributed by atoms with E-state index in [0.29, 0.717) is 18.1 Å². The lowest BCUT2D eigenvalue weighted by Gasteiger charge is -2.38. The molecule has 110 valence electrons. The van der Waals surface area contributed by atoms with Crippen molar-refractivity contribution in [3.63, 3.8) is 0 Å². The molecular weight excluding hydrogens is 240 g/mol. The summed E-state index contributed by atoms with van der Waals surface area (Å²) in [4.78, 5) is 0. The van der Waals surface area contributed by atoms with E-state index in [4.69, 9.17) is 14.2 Å². The van der Waals surface area contributed by atoms with Crippen LogP contribution in [0.2, 0.25) is 0 Å². The Balaban J connectivity index is 1.69. The Labute approximate surface area is 117 Å². The minimum absolute atomic E-state index is 0.00745. The maximum Gasteiger partial charge on any atom is 0.100 e. The van der Waals surface area contributed by atoms with Crippen molar-refractivity contribution >= 4 is 0 Å². The molecule has 5 unspecified atom stereocenters. The highest BCUT2D eigenvalue weighted by Crippen LogP contribution is 2.59. The van der Waals surface area contributed by atoms with Gasteiger partial charge in [-0.05, 0) is 44.9 Å². The summed E-state index contributed by atoms with van der Waals surface area (Å²) < 4.78 is 17.8. The van der Waals surface area contributed by atoms with Crippen molar-refractivity contribution in [2.45, 2.75) is 76.3 Å². The fourth-order valence-corrected chi connectivity index (χ4v) is 4.20. The van der Waals surface area contributed by atoms with Crippen LogP contribution in [0.1, 0.15) is 52.9 Å². The highest BCUT2D eigenvalue weighted by Gasteiger charge is 2.70. The number of methoxy groups -OCH3 is 1. The number of hydrogen-bond acceptors (Lipinski definition) is 3. The van der Waals surface area contributed by atoms with Crippen molar-refractivity contribution < 1.29 is 14.2 Å². The normalized spacial score (nSPS) is 48.8. The monoisotopic (exact) mass is 268 g/mol. The van der Waals surface area contributed by atoms with Crippen molar-refractivity contribution in [1.29, 1.82) is 0 Å². The van der Waals surface area contributed by atoms with Crippen LogP contribution in [0.4, 0.5) is 0 Å². The first kappa shape index (κ1) is 13.8. The van der Waals surface area contributed by atoms with Crippen LogP contribution in [-0.2, 0) is 14.2 Å². The third-order valence-electron chi connectivity index (χ3n) is 5.45. The average molecular weight is 268 g/mol. The Morgan fingerprint density at radius 1 is 1.37 bits per heavy atom. The van der Waals surface area contributed by atoms with E-state index in [0.717, 1.165) is 18.9 Å². The Hall–Kier alpha value is -0.120. The smallest absolute Gasteiger partial charge is 0.100 e. The molecule has 3 fully saturated rings. The van der Waals surface area contributed by atoms with Crippen LogP contribution in [0.3, 0.4) is 0 Å². The standard InChI is InChI=1S/C16H28O3/c1-11(2)7-8-13-15(3,19-13)14-12(17-4)6-5-9-16(14)10-18-16/h11-14H,5-10H2,1-4H3. The molecule has 2 aliphatic heterocycles. The lowest BCUT2D eigenvalue weighted by atomic mass is 9.69. The van der Waals surface area contributed by atoms with Gasteiger partial charge in [-0.1, -0.05) is 13.8 Å². The van der Waals surface area contributed by atoms with E-state index in [1.807, 2.05) is 7.11 Å². The predicted octanol–water partition coefficient (Wildman–Crippen LogP) is 3.16. The molecule has 0 aromatic rings. The fourth-order valence-electron chi connectivity index (χ4n) is 4.20. The number of ether oxygens (including phenoxy) is 3. The van der Waals surface area contributed by atoms with Gasteiger partial charge in [-0.3, -0.25) is 0 Å². The maximum atomic E-state index is 6.14. The van der Waals surface area contributed by atoms with E-state index in [9.17, 15) is 0 Å². The summed E-state index contributed by atoms with van der Waals surface area (Å²) in [5.41, 5.74) is 0.0761. The Morgan fingerprint density at radius 2 is 2.11 bits per heavy atom. The van der Waals surface area contributed by atoms with Gasteiger partial charge < -0.3 is 14.2 Å². The van der Waals surface area contributed by atoms with Gasteiger partial charge in [0.2, 0.25) is 0 Å². The summed E-state index contributed by atoms with van der Waals surface area (Å²) in [7, 11) is 1.84. The quantitative estimate of drug-likeness (QED) is 0.718. The summed E-state index contributed by atoms with van der Waals surface area (Å²) in [6, 6.07) is 0. The van der Waals surface area contributed by atoms with Gasteiger partial charge in [0.25, 0.3) is 0 Å². The SMILES string of the molecule is COC1CCCC2(CO2)C1C1(C)OC1CCC(C)C. The molecule has 0 radical (unpaired) electrons. The first-order chi connectivity index (χ1) is 9.02. The van der Waals surface area contributed by atoms with Crippen molar-refractivity contribution in [2.24, 2.45) is 11.8 Å². The molecule has 2 saturated heterocycles. The molecule has 5 atom stereocenters. The number of hydrogen-bond donors (Lipinski definition) is 0. The van der Waals surface area contributed by atoms with Crippen LogP contribution < -0.4 is 0 Å². The van der Waals surface area contributed by atoms with Crippen molar-refractivity contribution in [3.8, 4) is 0 Å². The van der Waals surface area contributed by atoms with Crippen LogP contribution in [0, 0.1) is 11.8 Å². The topological polar surface area (TPSA) is 34.3 Å². The van der Waals surface area contributed by atoms with Gasteiger partial charge in [-0.25, -0.2) is 0 Å². The molecule has 1 saturated carbocycles. The summed E-state index contributed by atoms with van der Waals surface area (Å²) in [6.07, 6.45) is 6.72. The molecule has 3 rings (SSSR count). The van der Waals surface area contributed by atoms with Gasteiger partial charge in [-0.15, -0.1) is 0 Å². The second-order valence-electron chi connectivity index (χ2n) is 7.26. The largest absolute Gasteiger partial charge is 0.381 e. The molecule has 1 aliphatic carbocycles. The molecule has 3 aliphatic rings. The van der Waals surface area contributed by atoms with Gasteiger partial charge in [0.05, 0.1) is 24.4 Å². The van der Waals surface area contributed by atoms with Gasteiger partial charge in [-0.2, -0.15) is 0 Å². The highest BCUT2D eigenvalue weighted by atomic mass is 16.6. The molecule has 0 bridgehead atoms. The first-order valence-corrected chi connectivity index (χ1v) is 7.86. The minimum atomic E-state index is -0.00745. The Morgan fingerprint density at radius 3 is 2.68 bits per heavy atom. The van der Waals surface area contributed by atoms with Crippen LogP contribution in [0.25, 0.3) is 0 Å². The van der Waals surface area contributed by atoms with Crippen molar-refractivity contribution in [2.75, 3.05) is 13.7 Å². The Bertz CT molecular complexity index is 337. The van der Waals surface area contributed by atoms with Gasteiger partial charge in [0.1, 0.15) is 5.60 Å². The summed E-state index contributed by atoms with van der Waals surface area (Å²) in [5, 5.41) is 0. The van der Waals surface area contributed by atoms with Crippen LogP contribution in [0.5, 0.6) is 0 Å². The van der Waals surface area contributed by atoms with E-state index in [1.165, 1.54) is 25.7 Å². The summed E-state index contributed by atoms with van der Waals surface area (Å²) >= 11 is 0. The van der Waals surface area contributed by atoms with Gasteiger partial charge in [0, 0.05) is 13.0 Å².